The fourth-order valence-electron chi connectivity index (χ4n) is 1.77. The Labute approximate surface area is 120 Å². The molecule has 0 aromatic carbocycles. The molecule has 6 heteroatoms. The van der Waals surface area contributed by atoms with Gasteiger partial charge in [-0.2, -0.15) is 0 Å². The molecule has 0 atom stereocenters. The van der Waals surface area contributed by atoms with Crippen LogP contribution in [0.5, 0.6) is 0 Å². The van der Waals surface area contributed by atoms with Crippen LogP contribution in [0.15, 0.2) is 36.0 Å². The van der Waals surface area contributed by atoms with Crippen LogP contribution in [0.4, 0.5) is 5.69 Å². The molecule has 2 rings (SSSR count). The lowest BCUT2D eigenvalue weighted by Gasteiger charge is -2.07. The highest BCUT2D eigenvalue weighted by Gasteiger charge is 2.12. The number of carbonyl (C=O) groups is 2. The van der Waals surface area contributed by atoms with E-state index in [1.54, 1.807) is 11.3 Å². The Morgan fingerprint density at radius 1 is 1.35 bits per heavy atom. The summed E-state index contributed by atoms with van der Waals surface area (Å²) in [6.45, 7) is 0. The number of anilines is 1. The molecular formula is C14H14N2O3S. The van der Waals surface area contributed by atoms with Crippen molar-refractivity contribution in [2.45, 2.75) is 19.3 Å². The number of aromatic nitrogens is 1. The Morgan fingerprint density at radius 2 is 2.20 bits per heavy atom. The van der Waals surface area contributed by atoms with Crippen LogP contribution in [-0.4, -0.2) is 22.0 Å². The highest BCUT2D eigenvalue weighted by atomic mass is 32.1. The number of rotatable bonds is 6. The van der Waals surface area contributed by atoms with Crippen molar-refractivity contribution in [3.8, 4) is 0 Å². The minimum absolute atomic E-state index is 0.0478. The lowest BCUT2D eigenvalue weighted by molar-refractivity contribution is -0.116. The summed E-state index contributed by atoms with van der Waals surface area (Å²) < 4.78 is 0. The lowest BCUT2D eigenvalue weighted by atomic mass is 10.2. The van der Waals surface area contributed by atoms with Gasteiger partial charge in [-0.05, 0) is 30.4 Å². The average Bonchev–Trinajstić information content (AvgIpc) is 2.92. The monoisotopic (exact) mass is 290 g/mol. The number of aromatic carboxylic acids is 1. The van der Waals surface area contributed by atoms with E-state index in [4.69, 9.17) is 5.11 Å². The molecule has 0 spiro atoms. The van der Waals surface area contributed by atoms with Gasteiger partial charge in [0, 0.05) is 17.5 Å². The molecule has 0 bridgehead atoms. The number of carbonyl (C=O) groups excluding carboxylic acids is 1. The first-order valence-corrected chi connectivity index (χ1v) is 7.04. The average molecular weight is 290 g/mol. The summed E-state index contributed by atoms with van der Waals surface area (Å²) in [6.07, 6.45) is 4.67. The molecule has 20 heavy (non-hydrogen) atoms. The third-order valence-electron chi connectivity index (χ3n) is 2.73. The van der Waals surface area contributed by atoms with E-state index >= 15 is 0 Å². The molecule has 0 aliphatic heterocycles. The maximum Gasteiger partial charge on any atom is 0.337 e. The number of aryl methyl sites for hydroxylation is 1. The zero-order chi connectivity index (χ0) is 14.4. The van der Waals surface area contributed by atoms with Gasteiger partial charge in [0.25, 0.3) is 0 Å². The number of thiophene rings is 1. The van der Waals surface area contributed by atoms with Gasteiger partial charge in [-0.25, -0.2) is 4.79 Å². The molecule has 2 heterocycles. The predicted molar refractivity (Wildman–Crippen MR) is 77.1 cm³/mol. The number of pyridine rings is 1. The van der Waals surface area contributed by atoms with Crippen molar-refractivity contribution in [1.29, 1.82) is 0 Å². The van der Waals surface area contributed by atoms with Gasteiger partial charge in [0.15, 0.2) is 0 Å². The maximum absolute atomic E-state index is 11.8. The molecule has 0 unspecified atom stereocenters. The van der Waals surface area contributed by atoms with Gasteiger partial charge >= 0.3 is 5.97 Å². The van der Waals surface area contributed by atoms with Gasteiger partial charge in [0.1, 0.15) is 0 Å². The molecule has 2 aromatic rings. The lowest BCUT2D eigenvalue weighted by Crippen LogP contribution is -2.14. The molecule has 0 fully saturated rings. The fourth-order valence-corrected chi connectivity index (χ4v) is 2.52. The highest BCUT2D eigenvalue weighted by Crippen LogP contribution is 2.15. The standard InChI is InChI=1S/C14H14N2O3S/c17-13(5-1-3-10-4-2-8-20-10)16-12-9-15-7-6-11(12)14(18)19/h2,4,6-9H,1,3,5H2,(H,16,17)(H,18,19). The minimum Gasteiger partial charge on any atom is -0.478 e. The second-order valence-electron chi connectivity index (χ2n) is 4.21. The van der Waals surface area contributed by atoms with Crippen LogP contribution in [-0.2, 0) is 11.2 Å². The largest absolute Gasteiger partial charge is 0.478 e. The quantitative estimate of drug-likeness (QED) is 0.857. The second kappa shape index (κ2) is 6.81. The first kappa shape index (κ1) is 14.2. The first-order chi connectivity index (χ1) is 9.66. The van der Waals surface area contributed by atoms with E-state index in [0.717, 1.165) is 12.8 Å². The van der Waals surface area contributed by atoms with E-state index in [9.17, 15) is 9.59 Å². The summed E-state index contributed by atoms with van der Waals surface area (Å²) in [5, 5.41) is 13.6. The number of amides is 1. The van der Waals surface area contributed by atoms with Crippen molar-refractivity contribution in [2.24, 2.45) is 0 Å². The molecule has 2 aromatic heterocycles. The summed E-state index contributed by atoms with van der Waals surface area (Å²) in [4.78, 5) is 27.8. The zero-order valence-corrected chi connectivity index (χ0v) is 11.5. The van der Waals surface area contributed by atoms with E-state index in [1.807, 2.05) is 17.5 Å². The highest BCUT2D eigenvalue weighted by molar-refractivity contribution is 7.09. The number of nitrogens with one attached hydrogen (secondary N) is 1. The Bertz CT molecular complexity index is 596. The number of hydrogen-bond donors (Lipinski definition) is 2. The van der Waals surface area contributed by atoms with Crippen molar-refractivity contribution in [2.75, 3.05) is 5.32 Å². The van der Waals surface area contributed by atoms with Gasteiger partial charge in [-0.3, -0.25) is 9.78 Å². The summed E-state index contributed by atoms with van der Waals surface area (Å²) in [7, 11) is 0. The number of carboxylic acids is 1. The summed E-state index contributed by atoms with van der Waals surface area (Å²) in [6, 6.07) is 5.38. The third-order valence-corrected chi connectivity index (χ3v) is 3.67. The van der Waals surface area contributed by atoms with E-state index < -0.39 is 5.97 Å². The van der Waals surface area contributed by atoms with E-state index in [-0.39, 0.29) is 17.2 Å². The second-order valence-corrected chi connectivity index (χ2v) is 5.24. The van der Waals surface area contributed by atoms with Crippen LogP contribution in [0, 0.1) is 0 Å². The van der Waals surface area contributed by atoms with Crippen LogP contribution >= 0.6 is 11.3 Å². The Balaban J connectivity index is 1.87. The number of carboxylic acid groups (broad SMARTS) is 1. The van der Waals surface area contributed by atoms with Crippen LogP contribution in [0.1, 0.15) is 28.1 Å². The summed E-state index contributed by atoms with van der Waals surface area (Å²) in [5.41, 5.74) is 0.285. The van der Waals surface area contributed by atoms with Crippen molar-refractivity contribution in [1.82, 2.24) is 4.98 Å². The van der Waals surface area contributed by atoms with Crippen molar-refractivity contribution in [3.63, 3.8) is 0 Å². The van der Waals surface area contributed by atoms with Crippen LogP contribution < -0.4 is 5.32 Å². The normalized spacial score (nSPS) is 10.2. The summed E-state index contributed by atoms with van der Waals surface area (Å²) in [5.74, 6) is -1.28. The number of hydrogen-bond acceptors (Lipinski definition) is 4. The maximum atomic E-state index is 11.8. The Morgan fingerprint density at radius 3 is 2.90 bits per heavy atom. The SMILES string of the molecule is O=C(CCCc1cccs1)Nc1cnccc1C(=O)O. The molecule has 1 amide bonds. The van der Waals surface area contributed by atoms with Gasteiger partial charge in [0.2, 0.25) is 5.91 Å². The van der Waals surface area contributed by atoms with Gasteiger partial charge in [-0.1, -0.05) is 6.07 Å². The molecule has 0 saturated heterocycles. The van der Waals surface area contributed by atoms with Crippen LogP contribution in [0.25, 0.3) is 0 Å². The Kier molecular flexibility index (Phi) is 4.84. The smallest absolute Gasteiger partial charge is 0.337 e. The topological polar surface area (TPSA) is 79.3 Å². The Hall–Kier alpha value is -2.21. The van der Waals surface area contributed by atoms with Crippen LogP contribution in [0.2, 0.25) is 0 Å². The molecule has 5 nitrogen and oxygen atoms in total. The fraction of sp³-hybridized carbons (Fsp3) is 0.214. The minimum atomic E-state index is -1.08. The van der Waals surface area contributed by atoms with Crippen molar-refractivity contribution in [3.05, 3.63) is 46.4 Å². The molecule has 104 valence electrons. The number of nitrogens with zero attached hydrogens (tertiary/aromatic N) is 1. The molecular weight excluding hydrogens is 276 g/mol. The molecule has 0 radical (unpaired) electrons. The predicted octanol–water partition coefficient (Wildman–Crippen LogP) is 2.80. The molecule has 0 saturated carbocycles. The van der Waals surface area contributed by atoms with E-state index in [2.05, 4.69) is 10.3 Å². The van der Waals surface area contributed by atoms with E-state index in [0.29, 0.717) is 6.42 Å². The summed E-state index contributed by atoms with van der Waals surface area (Å²) >= 11 is 1.67. The van der Waals surface area contributed by atoms with Crippen molar-refractivity contribution >= 4 is 28.9 Å². The van der Waals surface area contributed by atoms with Crippen LogP contribution in [0.3, 0.4) is 0 Å². The van der Waals surface area contributed by atoms with Gasteiger partial charge in [-0.15, -0.1) is 11.3 Å². The molecule has 0 aliphatic carbocycles. The zero-order valence-electron chi connectivity index (χ0n) is 10.7. The molecule has 2 N–H and O–H groups in total. The first-order valence-electron chi connectivity index (χ1n) is 6.16. The van der Waals surface area contributed by atoms with Crippen molar-refractivity contribution < 1.29 is 14.7 Å². The van der Waals surface area contributed by atoms with E-state index in [1.165, 1.54) is 23.3 Å². The van der Waals surface area contributed by atoms with Gasteiger partial charge < -0.3 is 10.4 Å². The molecule has 0 aliphatic rings. The van der Waals surface area contributed by atoms with Gasteiger partial charge in [0.05, 0.1) is 17.4 Å². The third kappa shape index (κ3) is 3.89.